The molecule has 3 heterocycles. The van der Waals surface area contributed by atoms with E-state index in [-0.39, 0.29) is 0 Å². The van der Waals surface area contributed by atoms with Crippen LogP contribution in [0, 0.1) is 6.92 Å². The summed E-state index contributed by atoms with van der Waals surface area (Å²) >= 11 is 12.6. The monoisotopic (exact) mass is 398 g/mol. The van der Waals surface area contributed by atoms with Crippen molar-refractivity contribution in [2.75, 3.05) is 7.11 Å². The van der Waals surface area contributed by atoms with E-state index in [2.05, 4.69) is 10.1 Å². The van der Waals surface area contributed by atoms with Gasteiger partial charge in [0.25, 0.3) is 0 Å². The molecule has 0 aliphatic heterocycles. The van der Waals surface area contributed by atoms with E-state index >= 15 is 0 Å². The number of pyridine rings is 1. The third kappa shape index (κ3) is 3.24. The number of nitrogens with zero attached hydrogens (tertiary/aromatic N) is 4. The van der Waals surface area contributed by atoms with E-state index < -0.39 is 0 Å². The molecule has 4 rings (SSSR count). The summed E-state index contributed by atoms with van der Waals surface area (Å²) in [5, 5.41) is 5.69. The van der Waals surface area contributed by atoms with Crippen LogP contribution in [-0.4, -0.2) is 26.7 Å². The van der Waals surface area contributed by atoms with Crippen LogP contribution >= 0.6 is 23.2 Å². The zero-order chi connectivity index (χ0) is 19.0. The standard InChI is InChI=1S/C20H16Cl2N4O/c1-12-15(10-14-4-3-5-16(21)19(14)22)20-24-17(13-6-8-23-9-7-13)11-18(27-2)26(20)25-12/h3-9,11H,10H2,1-2H3. The minimum atomic E-state index is 0.534. The Balaban J connectivity index is 1.90. The van der Waals surface area contributed by atoms with Crippen LogP contribution in [0.15, 0.2) is 48.8 Å². The molecular formula is C20H16Cl2N4O. The lowest BCUT2D eigenvalue weighted by atomic mass is 10.1. The van der Waals surface area contributed by atoms with E-state index in [1.807, 2.05) is 37.3 Å². The van der Waals surface area contributed by atoms with Crippen molar-refractivity contribution in [1.82, 2.24) is 19.6 Å². The van der Waals surface area contributed by atoms with E-state index in [0.717, 1.165) is 33.7 Å². The van der Waals surface area contributed by atoms with Gasteiger partial charge in [0, 0.05) is 36.0 Å². The number of aryl methyl sites for hydroxylation is 1. The summed E-state index contributed by atoms with van der Waals surface area (Å²) in [6.45, 7) is 1.95. The third-order valence-corrected chi connectivity index (χ3v) is 5.29. The molecule has 0 bridgehead atoms. The molecule has 0 radical (unpaired) electrons. The van der Waals surface area contributed by atoms with Gasteiger partial charge in [-0.05, 0) is 30.7 Å². The second-order valence-corrected chi connectivity index (χ2v) is 6.89. The molecule has 0 N–H and O–H groups in total. The zero-order valence-corrected chi connectivity index (χ0v) is 16.3. The van der Waals surface area contributed by atoms with Crippen LogP contribution in [0.2, 0.25) is 10.0 Å². The highest BCUT2D eigenvalue weighted by atomic mass is 35.5. The molecular weight excluding hydrogens is 383 g/mol. The lowest BCUT2D eigenvalue weighted by Gasteiger charge is -2.09. The summed E-state index contributed by atoms with van der Waals surface area (Å²) < 4.78 is 7.26. The molecule has 0 fully saturated rings. The highest BCUT2D eigenvalue weighted by Crippen LogP contribution is 2.31. The second kappa shape index (κ2) is 7.18. The van der Waals surface area contributed by atoms with Crippen LogP contribution in [-0.2, 0) is 6.42 Å². The first-order valence-corrected chi connectivity index (χ1v) is 9.10. The van der Waals surface area contributed by atoms with Crippen LogP contribution in [0.4, 0.5) is 0 Å². The number of aromatic nitrogens is 4. The highest BCUT2D eigenvalue weighted by Gasteiger charge is 2.18. The Hall–Kier alpha value is -2.63. The van der Waals surface area contributed by atoms with Gasteiger partial charge in [-0.25, -0.2) is 4.98 Å². The summed E-state index contributed by atoms with van der Waals surface area (Å²) in [5.41, 5.74) is 5.25. The molecule has 136 valence electrons. The third-order valence-electron chi connectivity index (χ3n) is 4.44. The maximum atomic E-state index is 6.39. The second-order valence-electron chi connectivity index (χ2n) is 6.11. The Kier molecular flexibility index (Phi) is 4.72. The number of ether oxygens (including phenoxy) is 1. The molecule has 3 aromatic heterocycles. The molecule has 4 aromatic rings. The average molecular weight is 399 g/mol. The SMILES string of the molecule is COc1cc(-c2ccncc2)nc2c(Cc3cccc(Cl)c3Cl)c(C)nn12. The van der Waals surface area contributed by atoms with Crippen molar-refractivity contribution >= 4 is 28.8 Å². The van der Waals surface area contributed by atoms with Crippen molar-refractivity contribution in [3.8, 4) is 17.1 Å². The molecule has 0 spiro atoms. The Bertz CT molecular complexity index is 1130. The topological polar surface area (TPSA) is 52.3 Å². The van der Waals surface area contributed by atoms with Crippen molar-refractivity contribution in [1.29, 1.82) is 0 Å². The van der Waals surface area contributed by atoms with Gasteiger partial charge in [0.15, 0.2) is 5.65 Å². The van der Waals surface area contributed by atoms with Gasteiger partial charge in [-0.1, -0.05) is 35.3 Å². The van der Waals surface area contributed by atoms with E-state index in [0.29, 0.717) is 22.3 Å². The smallest absolute Gasteiger partial charge is 0.218 e. The van der Waals surface area contributed by atoms with Crippen LogP contribution < -0.4 is 4.74 Å². The minimum absolute atomic E-state index is 0.534. The van der Waals surface area contributed by atoms with Crippen LogP contribution in [0.1, 0.15) is 16.8 Å². The minimum Gasteiger partial charge on any atom is -0.481 e. The van der Waals surface area contributed by atoms with Gasteiger partial charge in [-0.3, -0.25) is 4.98 Å². The molecule has 0 saturated carbocycles. The molecule has 0 amide bonds. The number of hydrogen-bond donors (Lipinski definition) is 0. The van der Waals surface area contributed by atoms with E-state index in [1.54, 1.807) is 30.1 Å². The molecule has 27 heavy (non-hydrogen) atoms. The molecule has 7 heteroatoms. The Morgan fingerprint density at radius 3 is 2.63 bits per heavy atom. The maximum Gasteiger partial charge on any atom is 0.218 e. The van der Waals surface area contributed by atoms with E-state index in [1.165, 1.54) is 0 Å². The first-order valence-electron chi connectivity index (χ1n) is 8.35. The summed E-state index contributed by atoms with van der Waals surface area (Å²) in [6.07, 6.45) is 4.05. The molecule has 0 aliphatic rings. The normalized spacial score (nSPS) is 11.1. The van der Waals surface area contributed by atoms with Crippen LogP contribution in [0.25, 0.3) is 16.9 Å². The predicted octanol–water partition coefficient (Wildman–Crippen LogP) is 5.01. The molecule has 0 aliphatic carbocycles. The number of rotatable bonds is 4. The first kappa shape index (κ1) is 17.8. The largest absolute Gasteiger partial charge is 0.481 e. The predicted molar refractivity (Wildman–Crippen MR) is 107 cm³/mol. The summed E-state index contributed by atoms with van der Waals surface area (Å²) in [6, 6.07) is 11.3. The Labute approximate surface area is 166 Å². The van der Waals surface area contributed by atoms with E-state index in [9.17, 15) is 0 Å². The number of halogens is 2. The quantitative estimate of drug-likeness (QED) is 0.484. The number of fused-ring (bicyclic) bond motifs is 1. The molecule has 5 nitrogen and oxygen atoms in total. The van der Waals surface area contributed by atoms with Gasteiger partial charge in [-0.15, -0.1) is 0 Å². The number of methoxy groups -OCH3 is 1. The fraction of sp³-hybridized carbons (Fsp3) is 0.150. The van der Waals surface area contributed by atoms with Gasteiger partial charge in [-0.2, -0.15) is 9.61 Å². The molecule has 0 unspecified atom stereocenters. The van der Waals surface area contributed by atoms with Crippen molar-refractivity contribution in [3.63, 3.8) is 0 Å². The van der Waals surface area contributed by atoms with Gasteiger partial charge >= 0.3 is 0 Å². The summed E-state index contributed by atoms with van der Waals surface area (Å²) in [4.78, 5) is 8.91. The number of hydrogen-bond acceptors (Lipinski definition) is 4. The van der Waals surface area contributed by atoms with Gasteiger partial charge in [0.05, 0.1) is 28.5 Å². The highest BCUT2D eigenvalue weighted by molar-refractivity contribution is 6.42. The van der Waals surface area contributed by atoms with Gasteiger partial charge < -0.3 is 4.74 Å². The zero-order valence-electron chi connectivity index (χ0n) is 14.8. The van der Waals surface area contributed by atoms with Crippen molar-refractivity contribution < 1.29 is 4.74 Å². The van der Waals surface area contributed by atoms with E-state index in [4.69, 9.17) is 32.9 Å². The molecule has 0 saturated heterocycles. The van der Waals surface area contributed by atoms with Gasteiger partial charge in [0.2, 0.25) is 5.88 Å². The number of benzene rings is 1. The Morgan fingerprint density at radius 1 is 1.11 bits per heavy atom. The lowest BCUT2D eigenvalue weighted by Crippen LogP contribution is -2.00. The fourth-order valence-electron chi connectivity index (χ4n) is 3.04. The first-order chi connectivity index (χ1) is 13.1. The van der Waals surface area contributed by atoms with Crippen molar-refractivity contribution in [2.45, 2.75) is 13.3 Å². The maximum absolute atomic E-state index is 6.39. The molecule has 1 aromatic carbocycles. The van der Waals surface area contributed by atoms with Crippen molar-refractivity contribution in [2.24, 2.45) is 0 Å². The lowest BCUT2D eigenvalue weighted by molar-refractivity contribution is 0.384. The molecule has 0 atom stereocenters. The van der Waals surface area contributed by atoms with Crippen molar-refractivity contribution in [3.05, 3.63) is 75.7 Å². The summed E-state index contributed by atoms with van der Waals surface area (Å²) in [5.74, 6) is 0.610. The fourth-order valence-corrected chi connectivity index (χ4v) is 3.43. The van der Waals surface area contributed by atoms with Gasteiger partial charge in [0.1, 0.15) is 0 Å². The van der Waals surface area contributed by atoms with Crippen LogP contribution in [0.3, 0.4) is 0 Å². The Morgan fingerprint density at radius 2 is 1.89 bits per heavy atom. The van der Waals surface area contributed by atoms with Crippen LogP contribution in [0.5, 0.6) is 5.88 Å². The summed E-state index contributed by atoms with van der Waals surface area (Å²) in [7, 11) is 1.62. The average Bonchev–Trinajstić information content (AvgIpc) is 3.00.